The minimum Gasteiger partial charge on any atom is -0.455 e. The van der Waals surface area contributed by atoms with Crippen LogP contribution < -0.4 is 5.32 Å². The van der Waals surface area contributed by atoms with E-state index in [-0.39, 0.29) is 6.17 Å². The van der Waals surface area contributed by atoms with Crippen LogP contribution >= 0.6 is 0 Å². The molecule has 204 valence electrons. The van der Waals surface area contributed by atoms with Crippen LogP contribution in [0, 0.1) is 0 Å². The van der Waals surface area contributed by atoms with Gasteiger partial charge >= 0.3 is 0 Å². The molecule has 0 saturated carbocycles. The first kappa shape index (κ1) is 25.0. The number of rotatable bonds is 5. The second-order valence-corrected chi connectivity index (χ2v) is 10.6. The number of furan rings is 1. The summed E-state index contributed by atoms with van der Waals surface area (Å²) in [5, 5.41) is 5.66. The van der Waals surface area contributed by atoms with E-state index in [2.05, 4.69) is 115 Å². The van der Waals surface area contributed by atoms with Gasteiger partial charge < -0.3 is 9.73 Å². The highest BCUT2D eigenvalue weighted by atomic mass is 16.3. The van der Waals surface area contributed by atoms with Crippen molar-refractivity contribution in [1.29, 1.82) is 0 Å². The topological polar surface area (TPSA) is 49.9 Å². The number of aliphatic imine (C=N–C) groups is 2. The van der Waals surface area contributed by atoms with Gasteiger partial charge in [0, 0.05) is 27.5 Å². The molecule has 0 amide bonds. The third kappa shape index (κ3) is 4.59. The standard InChI is InChI=1S/C39H27N3O/c1-4-12-26(13-5-1)27-22-24-30(25-23-27)38-40-37(29-16-8-3-9-17-29)41-39(42-38)33-20-11-21-34-35(33)32-19-10-18-31(36(32)43-34)28-14-6-2-7-15-28/h1-25,38H,(H,40,41,42). The van der Waals surface area contributed by atoms with Crippen molar-refractivity contribution in [3.05, 3.63) is 168 Å². The lowest BCUT2D eigenvalue weighted by Crippen LogP contribution is -2.33. The van der Waals surface area contributed by atoms with Crippen LogP contribution in [-0.4, -0.2) is 11.7 Å². The van der Waals surface area contributed by atoms with E-state index in [1.165, 1.54) is 11.1 Å². The highest BCUT2D eigenvalue weighted by Gasteiger charge is 2.24. The second kappa shape index (κ2) is 10.6. The van der Waals surface area contributed by atoms with Gasteiger partial charge in [-0.25, -0.2) is 9.98 Å². The van der Waals surface area contributed by atoms with Crippen molar-refractivity contribution in [2.24, 2.45) is 9.98 Å². The largest absolute Gasteiger partial charge is 0.455 e. The highest BCUT2D eigenvalue weighted by molar-refractivity contribution is 6.22. The van der Waals surface area contributed by atoms with Gasteiger partial charge in [0.2, 0.25) is 0 Å². The molecule has 0 radical (unpaired) electrons. The van der Waals surface area contributed by atoms with E-state index in [0.29, 0.717) is 5.84 Å². The van der Waals surface area contributed by atoms with Crippen molar-refractivity contribution in [3.8, 4) is 22.3 Å². The molecular formula is C39H27N3O. The third-order valence-electron chi connectivity index (χ3n) is 7.97. The number of amidine groups is 2. The first-order chi connectivity index (χ1) is 21.3. The molecule has 6 aromatic carbocycles. The van der Waals surface area contributed by atoms with Gasteiger partial charge in [0.05, 0.1) is 0 Å². The first-order valence-corrected chi connectivity index (χ1v) is 14.5. The number of nitrogens with one attached hydrogen (secondary N) is 1. The maximum Gasteiger partial charge on any atom is 0.160 e. The summed E-state index contributed by atoms with van der Waals surface area (Å²) >= 11 is 0. The maximum atomic E-state index is 6.53. The average molecular weight is 554 g/mol. The summed E-state index contributed by atoms with van der Waals surface area (Å²) in [7, 11) is 0. The van der Waals surface area contributed by atoms with Crippen LogP contribution in [0.2, 0.25) is 0 Å². The van der Waals surface area contributed by atoms with Crippen molar-refractivity contribution < 1.29 is 4.42 Å². The van der Waals surface area contributed by atoms with E-state index in [1.54, 1.807) is 0 Å². The fourth-order valence-corrected chi connectivity index (χ4v) is 5.85. The molecule has 4 nitrogen and oxygen atoms in total. The molecule has 7 aromatic rings. The van der Waals surface area contributed by atoms with Crippen molar-refractivity contribution >= 4 is 33.6 Å². The van der Waals surface area contributed by atoms with Crippen LogP contribution in [0.4, 0.5) is 0 Å². The Morgan fingerprint density at radius 1 is 0.512 bits per heavy atom. The van der Waals surface area contributed by atoms with E-state index < -0.39 is 0 Å². The van der Waals surface area contributed by atoms with E-state index in [0.717, 1.165) is 55.6 Å². The van der Waals surface area contributed by atoms with Crippen LogP contribution in [-0.2, 0) is 0 Å². The van der Waals surface area contributed by atoms with E-state index in [9.17, 15) is 0 Å². The summed E-state index contributed by atoms with van der Waals surface area (Å²) in [5.74, 6) is 1.46. The molecule has 1 aromatic heterocycles. The number of fused-ring (bicyclic) bond motifs is 3. The van der Waals surface area contributed by atoms with Crippen molar-refractivity contribution in [1.82, 2.24) is 5.32 Å². The monoisotopic (exact) mass is 553 g/mol. The molecule has 0 fully saturated rings. The molecule has 0 bridgehead atoms. The van der Waals surface area contributed by atoms with E-state index in [1.807, 2.05) is 42.5 Å². The van der Waals surface area contributed by atoms with Gasteiger partial charge in [-0.05, 0) is 28.3 Å². The predicted octanol–water partition coefficient (Wildman–Crippen LogP) is 9.42. The van der Waals surface area contributed by atoms with Gasteiger partial charge in [-0.15, -0.1) is 0 Å². The zero-order valence-corrected chi connectivity index (χ0v) is 23.3. The molecule has 0 saturated heterocycles. The van der Waals surface area contributed by atoms with Crippen molar-refractivity contribution in [3.63, 3.8) is 0 Å². The second-order valence-electron chi connectivity index (χ2n) is 10.6. The molecule has 0 aliphatic carbocycles. The normalized spacial score (nSPS) is 14.7. The number of benzene rings is 6. The Hall–Kier alpha value is -5.74. The fraction of sp³-hybridized carbons (Fsp3) is 0.0256. The molecule has 43 heavy (non-hydrogen) atoms. The lowest BCUT2D eigenvalue weighted by molar-refractivity contribution is 0.669. The molecular weight excluding hydrogens is 526 g/mol. The quantitative estimate of drug-likeness (QED) is 0.231. The van der Waals surface area contributed by atoms with Crippen LogP contribution in [0.1, 0.15) is 22.9 Å². The molecule has 8 rings (SSSR count). The van der Waals surface area contributed by atoms with Crippen LogP contribution in [0.15, 0.2) is 166 Å². The Labute approximate surface area is 249 Å². The SMILES string of the molecule is c1ccc(C2=NC(c3cccc4oc5c(-c6ccccc6)cccc5c34)=NC(c3ccc(-c4ccccc4)cc3)N2)cc1. The van der Waals surface area contributed by atoms with Crippen LogP contribution in [0.5, 0.6) is 0 Å². The van der Waals surface area contributed by atoms with Crippen LogP contribution in [0.25, 0.3) is 44.2 Å². The smallest absolute Gasteiger partial charge is 0.160 e. The Morgan fingerprint density at radius 2 is 1.12 bits per heavy atom. The van der Waals surface area contributed by atoms with Gasteiger partial charge in [-0.1, -0.05) is 146 Å². The lowest BCUT2D eigenvalue weighted by Gasteiger charge is -2.24. The molecule has 1 atom stereocenters. The Morgan fingerprint density at radius 3 is 1.84 bits per heavy atom. The zero-order chi connectivity index (χ0) is 28.6. The first-order valence-electron chi connectivity index (χ1n) is 14.5. The van der Waals surface area contributed by atoms with Gasteiger partial charge in [0.25, 0.3) is 0 Å². The minimum atomic E-state index is -0.305. The van der Waals surface area contributed by atoms with Gasteiger partial charge in [-0.3, -0.25) is 0 Å². The molecule has 4 heteroatoms. The Balaban J connectivity index is 1.28. The molecule has 1 unspecified atom stereocenters. The average Bonchev–Trinajstić information content (AvgIpc) is 3.49. The van der Waals surface area contributed by atoms with Crippen molar-refractivity contribution in [2.45, 2.75) is 6.17 Å². The van der Waals surface area contributed by atoms with E-state index in [4.69, 9.17) is 14.4 Å². The highest BCUT2D eigenvalue weighted by Crippen LogP contribution is 2.38. The molecule has 0 spiro atoms. The van der Waals surface area contributed by atoms with Gasteiger partial charge in [0.1, 0.15) is 23.2 Å². The molecule has 1 N–H and O–H groups in total. The number of nitrogens with zero attached hydrogens (tertiary/aromatic N) is 2. The lowest BCUT2D eigenvalue weighted by atomic mass is 10.00. The number of hydrogen-bond acceptors (Lipinski definition) is 4. The maximum absolute atomic E-state index is 6.53. The van der Waals surface area contributed by atoms with Gasteiger partial charge in [0.15, 0.2) is 5.84 Å². The summed E-state index contributed by atoms with van der Waals surface area (Å²) < 4.78 is 6.53. The van der Waals surface area contributed by atoms with Crippen LogP contribution in [0.3, 0.4) is 0 Å². The van der Waals surface area contributed by atoms with Crippen molar-refractivity contribution in [2.75, 3.05) is 0 Å². The summed E-state index contributed by atoms with van der Waals surface area (Å²) in [5.41, 5.74) is 9.26. The minimum absolute atomic E-state index is 0.305. The van der Waals surface area contributed by atoms with E-state index >= 15 is 0 Å². The summed E-state index contributed by atoms with van der Waals surface area (Å²) in [6.45, 7) is 0. The summed E-state index contributed by atoms with van der Waals surface area (Å²) in [6.07, 6.45) is -0.305. The Bertz CT molecular complexity index is 2130. The third-order valence-corrected chi connectivity index (χ3v) is 7.97. The number of para-hydroxylation sites is 1. The zero-order valence-electron chi connectivity index (χ0n) is 23.3. The Kier molecular flexibility index (Phi) is 6.16. The summed E-state index contributed by atoms with van der Waals surface area (Å²) in [6, 6.07) is 52.1. The molecule has 1 aliphatic rings. The number of hydrogen-bond donors (Lipinski definition) is 1. The molecule has 2 heterocycles. The summed E-state index contributed by atoms with van der Waals surface area (Å²) in [4.78, 5) is 10.3. The predicted molar refractivity (Wildman–Crippen MR) is 176 cm³/mol. The van der Waals surface area contributed by atoms with Gasteiger partial charge in [-0.2, -0.15) is 0 Å². The fourth-order valence-electron chi connectivity index (χ4n) is 5.85. The molecule has 1 aliphatic heterocycles.